The van der Waals surface area contributed by atoms with E-state index >= 15 is 0 Å². The van der Waals surface area contributed by atoms with Gasteiger partial charge in [-0.05, 0) is 37.1 Å². The van der Waals surface area contributed by atoms with Crippen molar-refractivity contribution < 1.29 is 9.53 Å². The SMILES string of the molecule is CC(C=Cc1ccccc1)=NNC(=O)COc1ccccc1C. The molecular weight excluding hydrogens is 288 g/mol. The number of para-hydroxylation sites is 1. The Balaban J connectivity index is 1.81. The summed E-state index contributed by atoms with van der Waals surface area (Å²) < 4.78 is 5.46. The number of benzene rings is 2. The van der Waals surface area contributed by atoms with Gasteiger partial charge < -0.3 is 4.74 Å². The summed E-state index contributed by atoms with van der Waals surface area (Å²) in [5.41, 5.74) is 5.26. The van der Waals surface area contributed by atoms with Crippen LogP contribution in [0.5, 0.6) is 5.75 Å². The van der Waals surface area contributed by atoms with E-state index in [1.165, 1.54) is 0 Å². The molecule has 4 nitrogen and oxygen atoms in total. The second-order valence-corrected chi connectivity index (χ2v) is 5.09. The van der Waals surface area contributed by atoms with E-state index in [1.807, 2.05) is 80.6 Å². The van der Waals surface area contributed by atoms with Crippen LogP contribution in [-0.2, 0) is 4.79 Å². The molecule has 2 aromatic rings. The highest BCUT2D eigenvalue weighted by molar-refractivity contribution is 5.97. The molecule has 1 amide bonds. The first kappa shape index (κ1) is 16.5. The van der Waals surface area contributed by atoms with Gasteiger partial charge in [0.15, 0.2) is 6.61 Å². The predicted molar refractivity (Wildman–Crippen MR) is 93.4 cm³/mol. The first-order valence-electron chi connectivity index (χ1n) is 7.40. The van der Waals surface area contributed by atoms with Crippen LogP contribution in [-0.4, -0.2) is 18.2 Å². The molecule has 0 bridgehead atoms. The van der Waals surface area contributed by atoms with Crippen molar-refractivity contribution in [3.05, 3.63) is 71.8 Å². The summed E-state index contributed by atoms with van der Waals surface area (Å²) in [6, 6.07) is 17.5. The number of nitrogens with zero attached hydrogens (tertiary/aromatic N) is 1. The molecule has 1 N–H and O–H groups in total. The summed E-state index contributed by atoms with van der Waals surface area (Å²) in [6.07, 6.45) is 3.78. The Morgan fingerprint density at radius 3 is 2.57 bits per heavy atom. The normalized spacial score (nSPS) is 11.5. The van der Waals surface area contributed by atoms with Crippen molar-refractivity contribution in [2.24, 2.45) is 5.10 Å². The number of carbonyl (C=O) groups excluding carboxylic acids is 1. The molecule has 0 spiro atoms. The molecule has 0 fully saturated rings. The molecule has 23 heavy (non-hydrogen) atoms. The maximum Gasteiger partial charge on any atom is 0.277 e. The van der Waals surface area contributed by atoms with E-state index < -0.39 is 0 Å². The number of ether oxygens (including phenoxy) is 1. The lowest BCUT2D eigenvalue weighted by Gasteiger charge is -2.07. The number of amides is 1. The van der Waals surface area contributed by atoms with Gasteiger partial charge in [0.05, 0.1) is 5.71 Å². The molecule has 2 rings (SSSR count). The standard InChI is InChI=1S/C19H20N2O2/c1-15-8-6-7-11-18(15)23-14-19(22)21-20-16(2)12-13-17-9-4-3-5-10-17/h3-13H,14H2,1-2H3,(H,21,22). The monoisotopic (exact) mass is 308 g/mol. The number of carbonyl (C=O) groups is 1. The van der Waals surface area contributed by atoms with Gasteiger partial charge in [0, 0.05) is 0 Å². The molecule has 0 aromatic heterocycles. The van der Waals surface area contributed by atoms with Crippen molar-refractivity contribution in [3.63, 3.8) is 0 Å². The Bertz CT molecular complexity index is 706. The molecule has 0 saturated heterocycles. The molecule has 0 heterocycles. The minimum atomic E-state index is -0.291. The summed E-state index contributed by atoms with van der Waals surface area (Å²) in [5, 5.41) is 4.02. The van der Waals surface area contributed by atoms with Crippen molar-refractivity contribution in [2.45, 2.75) is 13.8 Å². The fourth-order valence-electron chi connectivity index (χ4n) is 1.86. The Kier molecular flexibility index (Phi) is 6.12. The predicted octanol–water partition coefficient (Wildman–Crippen LogP) is 3.58. The van der Waals surface area contributed by atoms with Crippen molar-refractivity contribution in [2.75, 3.05) is 6.61 Å². The zero-order chi connectivity index (χ0) is 16.5. The van der Waals surface area contributed by atoms with Gasteiger partial charge in [-0.1, -0.05) is 54.6 Å². The number of allylic oxidation sites excluding steroid dienone is 1. The van der Waals surface area contributed by atoms with Gasteiger partial charge in [0.2, 0.25) is 0 Å². The summed E-state index contributed by atoms with van der Waals surface area (Å²) >= 11 is 0. The van der Waals surface area contributed by atoms with Crippen LogP contribution in [0, 0.1) is 6.92 Å². The highest BCUT2D eigenvalue weighted by atomic mass is 16.5. The van der Waals surface area contributed by atoms with E-state index in [2.05, 4.69) is 10.5 Å². The number of hydrazone groups is 1. The van der Waals surface area contributed by atoms with Crippen molar-refractivity contribution in [1.29, 1.82) is 0 Å². The first-order chi connectivity index (χ1) is 11.1. The highest BCUT2D eigenvalue weighted by Gasteiger charge is 2.03. The lowest BCUT2D eigenvalue weighted by atomic mass is 10.2. The summed E-state index contributed by atoms with van der Waals surface area (Å²) in [7, 11) is 0. The minimum absolute atomic E-state index is 0.0654. The van der Waals surface area contributed by atoms with E-state index in [-0.39, 0.29) is 12.5 Å². The molecule has 0 saturated carbocycles. The lowest BCUT2D eigenvalue weighted by molar-refractivity contribution is -0.123. The van der Waals surface area contributed by atoms with E-state index in [1.54, 1.807) is 0 Å². The molecule has 4 heteroatoms. The van der Waals surface area contributed by atoms with Crippen LogP contribution in [0.2, 0.25) is 0 Å². The van der Waals surface area contributed by atoms with E-state index in [4.69, 9.17) is 4.74 Å². The van der Waals surface area contributed by atoms with Gasteiger partial charge in [-0.15, -0.1) is 0 Å². The number of rotatable bonds is 6. The van der Waals surface area contributed by atoms with Crippen LogP contribution < -0.4 is 10.2 Å². The average molecular weight is 308 g/mol. The van der Waals surface area contributed by atoms with Crippen molar-refractivity contribution >= 4 is 17.7 Å². The van der Waals surface area contributed by atoms with Gasteiger partial charge in [0.1, 0.15) is 5.75 Å². The van der Waals surface area contributed by atoms with Crippen LogP contribution >= 0.6 is 0 Å². The molecule has 0 unspecified atom stereocenters. The Morgan fingerprint density at radius 2 is 1.83 bits per heavy atom. The smallest absolute Gasteiger partial charge is 0.277 e. The van der Waals surface area contributed by atoms with Crippen molar-refractivity contribution in [3.8, 4) is 5.75 Å². The lowest BCUT2D eigenvalue weighted by Crippen LogP contribution is -2.25. The second-order valence-electron chi connectivity index (χ2n) is 5.09. The van der Waals surface area contributed by atoms with Crippen LogP contribution in [0.25, 0.3) is 6.08 Å². The van der Waals surface area contributed by atoms with Gasteiger partial charge in [0.25, 0.3) is 5.91 Å². The number of hydrogen-bond donors (Lipinski definition) is 1. The average Bonchev–Trinajstić information content (AvgIpc) is 2.58. The molecule has 0 aliphatic rings. The maximum absolute atomic E-state index is 11.7. The van der Waals surface area contributed by atoms with E-state index in [0.717, 1.165) is 11.1 Å². The van der Waals surface area contributed by atoms with Gasteiger partial charge in [-0.2, -0.15) is 5.10 Å². The number of aryl methyl sites for hydroxylation is 1. The second kappa shape index (κ2) is 8.54. The molecule has 2 aromatic carbocycles. The number of nitrogens with one attached hydrogen (secondary N) is 1. The Hall–Kier alpha value is -2.88. The molecule has 0 aliphatic heterocycles. The molecular formula is C19H20N2O2. The summed E-state index contributed by atoms with van der Waals surface area (Å²) in [5.74, 6) is 0.410. The molecule has 118 valence electrons. The van der Waals surface area contributed by atoms with E-state index in [0.29, 0.717) is 11.5 Å². The third-order valence-corrected chi connectivity index (χ3v) is 3.13. The third-order valence-electron chi connectivity index (χ3n) is 3.13. The summed E-state index contributed by atoms with van der Waals surface area (Å²) in [4.78, 5) is 11.7. The topological polar surface area (TPSA) is 50.7 Å². The fraction of sp³-hybridized carbons (Fsp3) is 0.158. The minimum Gasteiger partial charge on any atom is -0.483 e. The van der Waals surface area contributed by atoms with Gasteiger partial charge in [-0.3, -0.25) is 4.79 Å². The molecule has 0 aliphatic carbocycles. The van der Waals surface area contributed by atoms with Crippen LogP contribution in [0.4, 0.5) is 0 Å². The zero-order valence-corrected chi connectivity index (χ0v) is 13.3. The number of hydrogen-bond acceptors (Lipinski definition) is 3. The van der Waals surface area contributed by atoms with Crippen LogP contribution in [0.15, 0.2) is 65.8 Å². The highest BCUT2D eigenvalue weighted by Crippen LogP contribution is 2.15. The largest absolute Gasteiger partial charge is 0.483 e. The third kappa shape index (κ3) is 5.79. The van der Waals surface area contributed by atoms with Gasteiger partial charge in [-0.25, -0.2) is 5.43 Å². The molecule has 0 atom stereocenters. The van der Waals surface area contributed by atoms with E-state index in [9.17, 15) is 4.79 Å². The Morgan fingerprint density at radius 1 is 1.13 bits per heavy atom. The maximum atomic E-state index is 11.7. The van der Waals surface area contributed by atoms with Gasteiger partial charge >= 0.3 is 0 Å². The van der Waals surface area contributed by atoms with Crippen LogP contribution in [0.3, 0.4) is 0 Å². The summed E-state index contributed by atoms with van der Waals surface area (Å²) in [6.45, 7) is 3.69. The Labute approximate surface area is 136 Å². The fourth-order valence-corrected chi connectivity index (χ4v) is 1.86. The van der Waals surface area contributed by atoms with Crippen molar-refractivity contribution in [1.82, 2.24) is 5.43 Å². The zero-order valence-electron chi connectivity index (χ0n) is 13.3. The molecule has 0 radical (unpaired) electrons. The first-order valence-corrected chi connectivity index (χ1v) is 7.40. The van der Waals surface area contributed by atoms with Crippen LogP contribution in [0.1, 0.15) is 18.1 Å². The quantitative estimate of drug-likeness (QED) is 0.655.